The minimum Gasteiger partial charge on any atom is -0.335 e. The van der Waals surface area contributed by atoms with Crippen molar-refractivity contribution in [1.82, 2.24) is 10.6 Å². The second kappa shape index (κ2) is 4.64. The highest BCUT2D eigenvalue weighted by atomic mass is 16.2. The Kier molecular flexibility index (Phi) is 3.01. The van der Waals surface area contributed by atoms with Crippen LogP contribution in [-0.4, -0.2) is 17.6 Å². The average molecular weight is 276 g/mol. The summed E-state index contributed by atoms with van der Waals surface area (Å²) in [6.07, 6.45) is 11.6. The van der Waals surface area contributed by atoms with Crippen LogP contribution in [-0.2, 0) is 0 Å². The van der Waals surface area contributed by atoms with Gasteiger partial charge in [0.2, 0.25) is 0 Å². The van der Waals surface area contributed by atoms with Crippen molar-refractivity contribution in [2.45, 2.75) is 76.3 Å². The molecule has 0 radical (unpaired) electrons. The molecule has 0 spiro atoms. The summed E-state index contributed by atoms with van der Waals surface area (Å²) in [5.74, 6) is 3.47. The van der Waals surface area contributed by atoms with Crippen molar-refractivity contribution >= 4 is 6.03 Å². The van der Waals surface area contributed by atoms with Gasteiger partial charge in [-0.3, -0.25) is 0 Å². The second-order valence-corrected chi connectivity index (χ2v) is 8.41. The van der Waals surface area contributed by atoms with E-state index in [1.165, 1.54) is 44.9 Å². The molecule has 0 heterocycles. The third kappa shape index (κ3) is 2.33. The van der Waals surface area contributed by atoms with Crippen LogP contribution >= 0.6 is 0 Å². The van der Waals surface area contributed by atoms with Gasteiger partial charge in [-0.2, -0.15) is 0 Å². The lowest BCUT2D eigenvalue weighted by atomic mass is 9.53. The molecule has 4 bridgehead atoms. The summed E-state index contributed by atoms with van der Waals surface area (Å²) in [5.41, 5.74) is 0.156. The Morgan fingerprint density at radius 1 is 0.950 bits per heavy atom. The van der Waals surface area contributed by atoms with Gasteiger partial charge in [-0.05, 0) is 81.5 Å². The van der Waals surface area contributed by atoms with Gasteiger partial charge in [-0.1, -0.05) is 6.92 Å². The van der Waals surface area contributed by atoms with Crippen molar-refractivity contribution in [3.05, 3.63) is 0 Å². The maximum atomic E-state index is 12.4. The predicted molar refractivity (Wildman–Crippen MR) is 79.4 cm³/mol. The SMILES string of the molecule is CC1CCC(NC(=O)NC23CC4CC(CC(C4)C2)C3)C1. The molecule has 3 heteroatoms. The molecule has 3 nitrogen and oxygen atoms in total. The predicted octanol–water partition coefficient (Wildman–Crippen LogP) is 3.44. The van der Waals surface area contributed by atoms with E-state index < -0.39 is 0 Å². The molecule has 112 valence electrons. The van der Waals surface area contributed by atoms with Crippen molar-refractivity contribution in [3.63, 3.8) is 0 Å². The minimum absolute atomic E-state index is 0.117. The standard InChI is InChI=1S/C17H28N2O/c1-11-2-3-15(4-11)18-16(20)19-17-8-12-5-13(9-17)7-14(6-12)10-17/h11-15H,2-10H2,1H3,(H2,18,19,20). The van der Waals surface area contributed by atoms with Gasteiger partial charge < -0.3 is 10.6 Å². The van der Waals surface area contributed by atoms with Crippen LogP contribution in [0.15, 0.2) is 0 Å². The molecule has 5 fully saturated rings. The first-order valence-corrected chi connectivity index (χ1v) is 8.69. The molecule has 2 atom stereocenters. The van der Waals surface area contributed by atoms with E-state index in [-0.39, 0.29) is 11.6 Å². The molecule has 5 rings (SSSR count). The van der Waals surface area contributed by atoms with Crippen LogP contribution in [0, 0.1) is 23.7 Å². The lowest BCUT2D eigenvalue weighted by molar-refractivity contribution is -0.0136. The zero-order valence-electron chi connectivity index (χ0n) is 12.7. The van der Waals surface area contributed by atoms with Crippen LogP contribution in [0.5, 0.6) is 0 Å². The van der Waals surface area contributed by atoms with Crippen molar-refractivity contribution < 1.29 is 4.79 Å². The highest BCUT2D eigenvalue weighted by molar-refractivity contribution is 5.75. The highest BCUT2D eigenvalue weighted by Gasteiger charge is 2.51. The molecule has 5 aliphatic rings. The Morgan fingerprint density at radius 3 is 2.05 bits per heavy atom. The highest BCUT2D eigenvalue weighted by Crippen LogP contribution is 2.55. The average Bonchev–Trinajstić information content (AvgIpc) is 2.71. The first kappa shape index (κ1) is 13.0. The van der Waals surface area contributed by atoms with Crippen LogP contribution in [0.2, 0.25) is 0 Å². The maximum Gasteiger partial charge on any atom is 0.315 e. The zero-order chi connectivity index (χ0) is 13.7. The van der Waals surface area contributed by atoms with E-state index in [2.05, 4.69) is 17.6 Å². The van der Waals surface area contributed by atoms with E-state index in [0.717, 1.165) is 36.5 Å². The van der Waals surface area contributed by atoms with E-state index in [4.69, 9.17) is 0 Å². The number of carbonyl (C=O) groups excluding carboxylic acids is 1. The Balaban J connectivity index is 1.37. The second-order valence-electron chi connectivity index (χ2n) is 8.41. The third-order valence-corrected chi connectivity index (χ3v) is 6.45. The zero-order valence-corrected chi connectivity index (χ0v) is 12.7. The molecule has 2 unspecified atom stereocenters. The number of nitrogens with one attached hydrogen (secondary N) is 2. The minimum atomic E-state index is 0.117. The van der Waals surface area contributed by atoms with Crippen LogP contribution in [0.4, 0.5) is 4.79 Å². The summed E-state index contributed by atoms with van der Waals surface area (Å²) in [7, 11) is 0. The topological polar surface area (TPSA) is 41.1 Å². The maximum absolute atomic E-state index is 12.4. The molecule has 20 heavy (non-hydrogen) atoms. The van der Waals surface area contributed by atoms with Gasteiger partial charge in [0.25, 0.3) is 0 Å². The van der Waals surface area contributed by atoms with E-state index in [0.29, 0.717) is 6.04 Å². The summed E-state index contributed by atoms with van der Waals surface area (Å²) in [4.78, 5) is 12.4. The molecule has 0 aromatic carbocycles. The number of hydrogen-bond acceptors (Lipinski definition) is 1. The van der Waals surface area contributed by atoms with Crippen molar-refractivity contribution in [3.8, 4) is 0 Å². The summed E-state index contributed by atoms with van der Waals surface area (Å²) in [6, 6.07) is 0.532. The van der Waals surface area contributed by atoms with Crippen LogP contribution in [0.1, 0.15) is 64.7 Å². The van der Waals surface area contributed by atoms with Gasteiger partial charge >= 0.3 is 6.03 Å². The molecular weight excluding hydrogens is 248 g/mol. The van der Waals surface area contributed by atoms with Crippen LogP contribution in [0.3, 0.4) is 0 Å². The molecule has 2 N–H and O–H groups in total. The third-order valence-electron chi connectivity index (χ3n) is 6.45. The Labute approximate surface area is 122 Å². The lowest BCUT2D eigenvalue weighted by Crippen LogP contribution is -2.62. The van der Waals surface area contributed by atoms with Gasteiger partial charge in [0.15, 0.2) is 0 Å². The number of hydrogen-bond donors (Lipinski definition) is 2. The molecule has 5 aliphatic carbocycles. The first-order chi connectivity index (χ1) is 9.60. The van der Waals surface area contributed by atoms with Gasteiger partial charge in [-0.25, -0.2) is 4.79 Å². The summed E-state index contributed by atoms with van der Waals surface area (Å²) in [5, 5.41) is 6.65. The van der Waals surface area contributed by atoms with Crippen molar-refractivity contribution in [2.24, 2.45) is 23.7 Å². The van der Waals surface area contributed by atoms with Gasteiger partial charge in [0, 0.05) is 11.6 Å². The van der Waals surface area contributed by atoms with Crippen LogP contribution < -0.4 is 10.6 Å². The quantitative estimate of drug-likeness (QED) is 0.797. The summed E-state index contributed by atoms with van der Waals surface area (Å²) < 4.78 is 0. The van der Waals surface area contributed by atoms with Gasteiger partial charge in [-0.15, -0.1) is 0 Å². The number of rotatable bonds is 2. The number of urea groups is 1. The molecule has 0 aromatic rings. The van der Waals surface area contributed by atoms with Gasteiger partial charge in [0.05, 0.1) is 0 Å². The van der Waals surface area contributed by atoms with E-state index in [1.54, 1.807) is 0 Å². The van der Waals surface area contributed by atoms with E-state index in [1.807, 2.05) is 0 Å². The number of carbonyl (C=O) groups is 1. The Bertz CT molecular complexity index is 371. The Hall–Kier alpha value is -0.730. The fourth-order valence-electron chi connectivity index (χ4n) is 6.06. The smallest absolute Gasteiger partial charge is 0.315 e. The van der Waals surface area contributed by atoms with Crippen molar-refractivity contribution in [1.29, 1.82) is 0 Å². The lowest BCUT2D eigenvalue weighted by Gasteiger charge is -2.56. The molecule has 5 saturated carbocycles. The Morgan fingerprint density at radius 2 is 1.55 bits per heavy atom. The normalized spacial score (nSPS) is 49.4. The van der Waals surface area contributed by atoms with Crippen molar-refractivity contribution in [2.75, 3.05) is 0 Å². The largest absolute Gasteiger partial charge is 0.335 e. The summed E-state index contributed by atoms with van der Waals surface area (Å²) in [6.45, 7) is 2.29. The molecule has 0 saturated heterocycles. The van der Waals surface area contributed by atoms with Crippen LogP contribution in [0.25, 0.3) is 0 Å². The van der Waals surface area contributed by atoms with E-state index in [9.17, 15) is 4.79 Å². The van der Waals surface area contributed by atoms with E-state index >= 15 is 0 Å². The summed E-state index contributed by atoms with van der Waals surface area (Å²) >= 11 is 0. The molecule has 0 aromatic heterocycles. The molecule has 2 amide bonds. The molecule has 0 aliphatic heterocycles. The number of amides is 2. The fourth-order valence-corrected chi connectivity index (χ4v) is 6.06. The monoisotopic (exact) mass is 276 g/mol. The van der Waals surface area contributed by atoms with Gasteiger partial charge in [0.1, 0.15) is 0 Å². The molecular formula is C17H28N2O. The first-order valence-electron chi connectivity index (χ1n) is 8.69. The fraction of sp³-hybridized carbons (Fsp3) is 0.941.